The number of primary amides is 1. The number of carbonyl (C=O) groups excluding carboxylic acids is 1. The molecule has 0 unspecified atom stereocenters. The van der Waals surface area contributed by atoms with Gasteiger partial charge < -0.3 is 10.5 Å². The van der Waals surface area contributed by atoms with Gasteiger partial charge in [0.2, 0.25) is 0 Å². The Morgan fingerprint density at radius 1 is 1.26 bits per heavy atom. The number of carbonyl (C=O) groups is 1. The van der Waals surface area contributed by atoms with Crippen LogP contribution in [-0.4, -0.2) is 11.0 Å². The second kappa shape index (κ2) is 5.86. The van der Waals surface area contributed by atoms with Crippen LogP contribution in [0.25, 0.3) is 0 Å². The van der Waals surface area contributed by atoms with E-state index in [2.05, 4.69) is 10.3 Å². The summed E-state index contributed by atoms with van der Waals surface area (Å²) in [4.78, 5) is 14.9. The molecule has 0 saturated heterocycles. The number of ether oxygens (including phenoxy) is 1. The number of hydrogen-bond donors (Lipinski definition) is 2. The molecule has 19 heavy (non-hydrogen) atoms. The van der Waals surface area contributed by atoms with E-state index < -0.39 is 6.03 Å². The Morgan fingerprint density at radius 2 is 2.00 bits per heavy atom. The Hall–Kier alpha value is -2.56. The first-order valence-electron chi connectivity index (χ1n) is 5.90. The van der Waals surface area contributed by atoms with Gasteiger partial charge in [-0.3, -0.25) is 5.32 Å². The Balaban J connectivity index is 2.17. The van der Waals surface area contributed by atoms with Gasteiger partial charge in [-0.2, -0.15) is 0 Å². The zero-order valence-corrected chi connectivity index (χ0v) is 10.5. The minimum atomic E-state index is -0.670. The molecule has 0 radical (unpaired) electrons. The summed E-state index contributed by atoms with van der Waals surface area (Å²) >= 11 is 0. The second-order valence-corrected chi connectivity index (χ2v) is 4.01. The Bertz CT molecular complexity index is 558. The molecule has 2 aromatic rings. The average molecular weight is 257 g/mol. The molecule has 0 aliphatic heterocycles. The fraction of sp³-hybridized carbons (Fsp3) is 0.143. The lowest BCUT2D eigenvalue weighted by atomic mass is 10.1. The standard InChI is InChI=1S/C14H15N3O2/c1-10(11-6-3-2-4-7-11)19-12-8-5-9-16-13(12)17-14(15)18/h2-10H,1H3,(H3,15,16,17,18)/t10-/m1/s1. The highest BCUT2D eigenvalue weighted by Gasteiger charge is 2.11. The monoisotopic (exact) mass is 257 g/mol. The van der Waals surface area contributed by atoms with Gasteiger partial charge in [-0.1, -0.05) is 30.3 Å². The molecular weight excluding hydrogens is 242 g/mol. The van der Waals surface area contributed by atoms with E-state index in [1.807, 2.05) is 37.3 Å². The fourth-order valence-electron chi connectivity index (χ4n) is 1.68. The Kier molecular flexibility index (Phi) is 3.97. The number of rotatable bonds is 4. The predicted molar refractivity (Wildman–Crippen MR) is 72.9 cm³/mol. The molecule has 3 N–H and O–H groups in total. The first-order valence-corrected chi connectivity index (χ1v) is 5.90. The zero-order valence-electron chi connectivity index (χ0n) is 10.5. The lowest BCUT2D eigenvalue weighted by molar-refractivity contribution is 0.227. The van der Waals surface area contributed by atoms with Gasteiger partial charge in [-0.25, -0.2) is 9.78 Å². The molecule has 0 aliphatic rings. The molecule has 1 aromatic heterocycles. The maximum Gasteiger partial charge on any atom is 0.317 e. The third kappa shape index (κ3) is 3.45. The third-order valence-electron chi connectivity index (χ3n) is 2.59. The van der Waals surface area contributed by atoms with Crippen LogP contribution < -0.4 is 15.8 Å². The molecule has 0 bridgehead atoms. The van der Waals surface area contributed by atoms with Crippen molar-refractivity contribution in [3.8, 4) is 5.75 Å². The molecule has 2 amide bonds. The summed E-state index contributed by atoms with van der Waals surface area (Å²) in [5.41, 5.74) is 6.13. The average Bonchev–Trinajstić information content (AvgIpc) is 2.41. The molecule has 1 aromatic carbocycles. The lowest BCUT2D eigenvalue weighted by Gasteiger charge is -2.16. The minimum absolute atomic E-state index is 0.154. The van der Waals surface area contributed by atoms with E-state index in [-0.39, 0.29) is 6.10 Å². The van der Waals surface area contributed by atoms with Crippen LogP contribution in [0.2, 0.25) is 0 Å². The van der Waals surface area contributed by atoms with Crippen LogP contribution in [0.3, 0.4) is 0 Å². The lowest BCUT2D eigenvalue weighted by Crippen LogP contribution is -2.20. The van der Waals surface area contributed by atoms with Crippen LogP contribution >= 0.6 is 0 Å². The van der Waals surface area contributed by atoms with Crippen molar-refractivity contribution in [2.75, 3.05) is 5.32 Å². The summed E-state index contributed by atoms with van der Waals surface area (Å²) in [5.74, 6) is 0.801. The predicted octanol–water partition coefficient (Wildman–Crippen LogP) is 2.71. The summed E-state index contributed by atoms with van der Waals surface area (Å²) in [6.45, 7) is 1.93. The molecular formula is C14H15N3O2. The largest absolute Gasteiger partial charge is 0.482 e. The normalized spacial score (nSPS) is 11.6. The number of nitrogens with zero attached hydrogens (tertiary/aromatic N) is 1. The van der Waals surface area contributed by atoms with Gasteiger partial charge in [0.25, 0.3) is 0 Å². The maximum atomic E-state index is 10.9. The number of anilines is 1. The SMILES string of the molecule is C[C@@H](Oc1cccnc1NC(N)=O)c1ccccc1. The molecule has 0 saturated carbocycles. The highest BCUT2D eigenvalue weighted by atomic mass is 16.5. The van der Waals surface area contributed by atoms with Crippen molar-refractivity contribution >= 4 is 11.8 Å². The first kappa shape index (κ1) is 12.9. The number of urea groups is 1. The summed E-state index contributed by atoms with van der Waals surface area (Å²) in [6.07, 6.45) is 1.41. The van der Waals surface area contributed by atoms with E-state index in [1.54, 1.807) is 18.3 Å². The number of aromatic nitrogens is 1. The summed E-state index contributed by atoms with van der Waals surface area (Å²) in [6, 6.07) is 12.6. The molecule has 98 valence electrons. The number of pyridine rings is 1. The number of hydrogen-bond acceptors (Lipinski definition) is 3. The maximum absolute atomic E-state index is 10.9. The minimum Gasteiger partial charge on any atom is -0.482 e. The summed E-state index contributed by atoms with van der Waals surface area (Å²) < 4.78 is 5.80. The van der Waals surface area contributed by atoms with Crippen molar-refractivity contribution in [2.24, 2.45) is 5.73 Å². The van der Waals surface area contributed by atoms with Crippen molar-refractivity contribution in [1.29, 1.82) is 0 Å². The Morgan fingerprint density at radius 3 is 2.68 bits per heavy atom. The smallest absolute Gasteiger partial charge is 0.317 e. The molecule has 5 heteroatoms. The van der Waals surface area contributed by atoms with Crippen LogP contribution in [-0.2, 0) is 0 Å². The van der Waals surface area contributed by atoms with Gasteiger partial charge in [0.05, 0.1) is 0 Å². The van der Waals surface area contributed by atoms with Gasteiger partial charge in [0.15, 0.2) is 11.6 Å². The van der Waals surface area contributed by atoms with Gasteiger partial charge in [0, 0.05) is 6.20 Å². The Labute approximate surface area is 111 Å². The molecule has 0 spiro atoms. The van der Waals surface area contributed by atoms with Crippen molar-refractivity contribution < 1.29 is 9.53 Å². The number of nitrogens with two attached hydrogens (primary N) is 1. The van der Waals surface area contributed by atoms with E-state index in [9.17, 15) is 4.79 Å². The van der Waals surface area contributed by atoms with E-state index in [4.69, 9.17) is 10.5 Å². The van der Waals surface area contributed by atoms with Crippen LogP contribution in [0.4, 0.5) is 10.6 Å². The van der Waals surface area contributed by atoms with Crippen molar-refractivity contribution in [2.45, 2.75) is 13.0 Å². The highest BCUT2D eigenvalue weighted by molar-refractivity contribution is 5.88. The van der Waals surface area contributed by atoms with Gasteiger partial charge >= 0.3 is 6.03 Å². The number of amides is 2. The van der Waals surface area contributed by atoms with Crippen LogP contribution in [0, 0.1) is 0 Å². The van der Waals surface area contributed by atoms with Crippen molar-refractivity contribution in [3.05, 3.63) is 54.2 Å². The molecule has 5 nitrogen and oxygen atoms in total. The molecule has 0 aliphatic carbocycles. The number of benzene rings is 1. The highest BCUT2D eigenvalue weighted by Crippen LogP contribution is 2.26. The van der Waals surface area contributed by atoms with E-state index in [1.165, 1.54) is 0 Å². The zero-order chi connectivity index (χ0) is 13.7. The van der Waals surface area contributed by atoms with Crippen LogP contribution in [0.1, 0.15) is 18.6 Å². The second-order valence-electron chi connectivity index (χ2n) is 4.01. The van der Waals surface area contributed by atoms with E-state index in [0.717, 1.165) is 5.56 Å². The van der Waals surface area contributed by atoms with Crippen LogP contribution in [0.15, 0.2) is 48.7 Å². The quantitative estimate of drug-likeness (QED) is 0.884. The topological polar surface area (TPSA) is 77.2 Å². The molecule has 1 heterocycles. The van der Waals surface area contributed by atoms with Crippen molar-refractivity contribution in [1.82, 2.24) is 4.98 Å². The van der Waals surface area contributed by atoms with Crippen molar-refractivity contribution in [3.63, 3.8) is 0 Å². The third-order valence-corrected chi connectivity index (χ3v) is 2.59. The fourth-order valence-corrected chi connectivity index (χ4v) is 1.68. The van der Waals surface area contributed by atoms with Gasteiger partial charge in [0.1, 0.15) is 6.10 Å². The van der Waals surface area contributed by atoms with Crippen LogP contribution in [0.5, 0.6) is 5.75 Å². The summed E-state index contributed by atoms with van der Waals surface area (Å²) in [5, 5.41) is 2.43. The van der Waals surface area contributed by atoms with Gasteiger partial charge in [-0.15, -0.1) is 0 Å². The molecule has 2 rings (SSSR count). The summed E-state index contributed by atoms with van der Waals surface area (Å²) in [7, 11) is 0. The molecule has 1 atom stereocenters. The van der Waals surface area contributed by atoms with E-state index >= 15 is 0 Å². The number of nitrogens with one attached hydrogen (secondary N) is 1. The van der Waals surface area contributed by atoms with E-state index in [0.29, 0.717) is 11.6 Å². The first-order chi connectivity index (χ1) is 9.16. The molecule has 0 fully saturated rings. The van der Waals surface area contributed by atoms with Gasteiger partial charge in [-0.05, 0) is 24.6 Å².